The molecule has 70 valence electrons. The Kier molecular flexibility index (Phi) is 3.07. The second kappa shape index (κ2) is 4.08. The third kappa shape index (κ3) is 2.90. The maximum atomic E-state index is 10.2. The molecule has 0 radical (unpaired) electrons. The van der Waals surface area contributed by atoms with E-state index in [1.807, 2.05) is 0 Å². The summed E-state index contributed by atoms with van der Waals surface area (Å²) in [6, 6.07) is 1.65. The van der Waals surface area contributed by atoms with E-state index in [1.165, 1.54) is 0 Å². The van der Waals surface area contributed by atoms with Crippen LogP contribution in [-0.4, -0.2) is 22.6 Å². The number of aliphatic carboxylic acids is 1. The van der Waals surface area contributed by atoms with E-state index in [2.05, 4.69) is 26.2 Å². The third-order valence-electron chi connectivity index (χ3n) is 1.29. The molecular weight excluding hydrogens is 238 g/mol. The first-order chi connectivity index (χ1) is 6.09. The molecule has 0 spiro atoms. The fraction of sp³-hybridized carbons (Fsp3) is 0.143. The summed E-state index contributed by atoms with van der Waals surface area (Å²) in [5.41, 5.74) is 5.97. The molecule has 1 heterocycles. The van der Waals surface area contributed by atoms with Crippen LogP contribution in [-0.2, 0) is 4.79 Å². The molecule has 1 aromatic heterocycles. The van der Waals surface area contributed by atoms with Gasteiger partial charge in [0, 0.05) is 10.7 Å². The van der Waals surface area contributed by atoms with E-state index < -0.39 is 5.97 Å². The van der Waals surface area contributed by atoms with Crippen LogP contribution in [0.5, 0.6) is 0 Å². The van der Waals surface area contributed by atoms with Crippen LogP contribution in [0, 0.1) is 0 Å². The van der Waals surface area contributed by atoms with Crippen molar-refractivity contribution in [3.05, 3.63) is 16.7 Å². The predicted molar refractivity (Wildman–Crippen MR) is 52.5 cm³/mol. The number of carboxylic acid groups (broad SMARTS) is 1. The molecule has 1 rings (SSSR count). The number of nitrogens with zero attached hydrogens (tertiary/aromatic N) is 1. The summed E-state index contributed by atoms with van der Waals surface area (Å²) in [7, 11) is 0. The van der Waals surface area contributed by atoms with Gasteiger partial charge in [-0.2, -0.15) is 0 Å². The summed E-state index contributed by atoms with van der Waals surface area (Å²) >= 11 is 3.19. The van der Waals surface area contributed by atoms with Crippen molar-refractivity contribution in [3.63, 3.8) is 0 Å². The maximum Gasteiger partial charge on any atom is 0.322 e. The number of carboxylic acids is 1. The Morgan fingerprint density at radius 3 is 3.00 bits per heavy atom. The Morgan fingerprint density at radius 2 is 2.46 bits per heavy atom. The number of anilines is 2. The lowest BCUT2D eigenvalue weighted by Crippen LogP contribution is -2.14. The van der Waals surface area contributed by atoms with Gasteiger partial charge in [-0.15, -0.1) is 0 Å². The minimum Gasteiger partial charge on any atom is -0.480 e. The van der Waals surface area contributed by atoms with Gasteiger partial charge in [0.2, 0.25) is 0 Å². The fourth-order valence-corrected chi connectivity index (χ4v) is 1.11. The number of hydrogen-bond acceptors (Lipinski definition) is 4. The highest BCUT2D eigenvalue weighted by molar-refractivity contribution is 9.10. The molecule has 0 aromatic carbocycles. The minimum atomic E-state index is -0.955. The van der Waals surface area contributed by atoms with Crippen LogP contribution in [0.2, 0.25) is 0 Å². The molecule has 0 saturated heterocycles. The van der Waals surface area contributed by atoms with Gasteiger partial charge in [-0.05, 0) is 22.0 Å². The number of halogens is 1. The van der Waals surface area contributed by atoms with E-state index in [4.69, 9.17) is 10.8 Å². The summed E-state index contributed by atoms with van der Waals surface area (Å²) in [6.07, 6.45) is 1.54. The lowest BCUT2D eigenvalue weighted by atomic mass is 10.4. The zero-order valence-electron chi connectivity index (χ0n) is 6.62. The number of nitrogen functional groups attached to an aromatic ring is 1. The van der Waals surface area contributed by atoms with Crippen LogP contribution in [0.4, 0.5) is 11.5 Å². The summed E-state index contributed by atoms with van der Waals surface area (Å²) in [5, 5.41) is 11.0. The number of carbonyl (C=O) groups is 1. The first kappa shape index (κ1) is 9.79. The average molecular weight is 246 g/mol. The Balaban J connectivity index is 2.72. The standard InChI is InChI=1S/C7H8BrN3O2/c8-4-1-5(9)7(10-2-4)11-3-6(12)13/h1-2H,3,9H2,(H,10,11)(H,12,13). The van der Waals surface area contributed by atoms with Crippen molar-refractivity contribution in [2.45, 2.75) is 0 Å². The second-order valence-corrected chi connectivity index (χ2v) is 3.25. The third-order valence-corrected chi connectivity index (χ3v) is 1.72. The van der Waals surface area contributed by atoms with Gasteiger partial charge in [0.05, 0.1) is 5.69 Å². The Bertz CT molecular complexity index is 330. The monoisotopic (exact) mass is 245 g/mol. The van der Waals surface area contributed by atoms with E-state index in [0.29, 0.717) is 11.5 Å². The molecule has 0 fully saturated rings. The number of hydrogen-bond donors (Lipinski definition) is 3. The average Bonchev–Trinajstić information content (AvgIpc) is 2.02. The first-order valence-corrected chi connectivity index (χ1v) is 4.25. The number of rotatable bonds is 3. The Morgan fingerprint density at radius 1 is 1.77 bits per heavy atom. The molecule has 6 heteroatoms. The number of pyridine rings is 1. The van der Waals surface area contributed by atoms with Gasteiger partial charge in [-0.25, -0.2) is 4.98 Å². The molecule has 0 saturated carbocycles. The largest absolute Gasteiger partial charge is 0.480 e. The molecule has 0 aliphatic rings. The van der Waals surface area contributed by atoms with Crippen LogP contribution >= 0.6 is 15.9 Å². The molecule has 0 unspecified atom stereocenters. The topological polar surface area (TPSA) is 88.2 Å². The predicted octanol–water partition coefficient (Wildman–Crippen LogP) is 0.923. The van der Waals surface area contributed by atoms with Crippen molar-refractivity contribution in [1.82, 2.24) is 4.98 Å². The molecule has 0 bridgehead atoms. The summed E-state index contributed by atoms with van der Waals surface area (Å²) < 4.78 is 0.755. The molecule has 1 aromatic rings. The highest BCUT2D eigenvalue weighted by atomic mass is 79.9. The van der Waals surface area contributed by atoms with Crippen molar-refractivity contribution in [3.8, 4) is 0 Å². The van der Waals surface area contributed by atoms with Gasteiger partial charge in [0.25, 0.3) is 0 Å². The van der Waals surface area contributed by atoms with Crippen LogP contribution in [0.25, 0.3) is 0 Å². The van der Waals surface area contributed by atoms with Gasteiger partial charge in [0.15, 0.2) is 0 Å². The molecule has 0 amide bonds. The Labute approximate surface area is 83.1 Å². The van der Waals surface area contributed by atoms with E-state index >= 15 is 0 Å². The smallest absolute Gasteiger partial charge is 0.322 e. The van der Waals surface area contributed by atoms with Crippen molar-refractivity contribution in [1.29, 1.82) is 0 Å². The maximum absolute atomic E-state index is 10.2. The van der Waals surface area contributed by atoms with Crippen LogP contribution in [0.15, 0.2) is 16.7 Å². The Hall–Kier alpha value is -1.30. The van der Waals surface area contributed by atoms with Gasteiger partial charge >= 0.3 is 5.97 Å². The number of aromatic nitrogens is 1. The SMILES string of the molecule is Nc1cc(Br)cnc1NCC(=O)O. The van der Waals surface area contributed by atoms with Crippen LogP contribution < -0.4 is 11.1 Å². The van der Waals surface area contributed by atoms with E-state index in [1.54, 1.807) is 12.3 Å². The van der Waals surface area contributed by atoms with Crippen molar-refractivity contribution >= 4 is 33.4 Å². The molecule has 0 aliphatic heterocycles. The highest BCUT2D eigenvalue weighted by Gasteiger charge is 2.02. The van der Waals surface area contributed by atoms with Crippen LogP contribution in [0.3, 0.4) is 0 Å². The lowest BCUT2D eigenvalue weighted by molar-refractivity contribution is -0.134. The molecule has 0 atom stereocenters. The minimum absolute atomic E-state index is 0.196. The van der Waals surface area contributed by atoms with Gasteiger partial charge < -0.3 is 16.2 Å². The normalized spacial score (nSPS) is 9.62. The summed E-state index contributed by atoms with van der Waals surface area (Å²) in [4.78, 5) is 14.1. The van der Waals surface area contributed by atoms with Crippen molar-refractivity contribution in [2.75, 3.05) is 17.6 Å². The van der Waals surface area contributed by atoms with E-state index in [-0.39, 0.29) is 6.54 Å². The first-order valence-electron chi connectivity index (χ1n) is 3.46. The van der Waals surface area contributed by atoms with Gasteiger partial charge in [-0.1, -0.05) is 0 Å². The molecule has 5 nitrogen and oxygen atoms in total. The van der Waals surface area contributed by atoms with E-state index in [9.17, 15) is 4.79 Å². The number of nitrogens with two attached hydrogens (primary N) is 1. The van der Waals surface area contributed by atoms with E-state index in [0.717, 1.165) is 4.47 Å². The lowest BCUT2D eigenvalue weighted by Gasteiger charge is -2.05. The molecule has 13 heavy (non-hydrogen) atoms. The quantitative estimate of drug-likeness (QED) is 0.738. The number of nitrogens with one attached hydrogen (secondary N) is 1. The second-order valence-electron chi connectivity index (χ2n) is 2.34. The highest BCUT2D eigenvalue weighted by Crippen LogP contribution is 2.19. The van der Waals surface area contributed by atoms with Crippen molar-refractivity contribution in [2.24, 2.45) is 0 Å². The van der Waals surface area contributed by atoms with Gasteiger partial charge in [-0.3, -0.25) is 4.79 Å². The fourth-order valence-electron chi connectivity index (χ4n) is 0.762. The van der Waals surface area contributed by atoms with Crippen molar-refractivity contribution < 1.29 is 9.90 Å². The summed E-state index contributed by atoms with van der Waals surface area (Å²) in [6.45, 7) is -0.196. The molecule has 0 aliphatic carbocycles. The van der Waals surface area contributed by atoms with Crippen LogP contribution in [0.1, 0.15) is 0 Å². The van der Waals surface area contributed by atoms with Gasteiger partial charge in [0.1, 0.15) is 12.4 Å². The molecular formula is C7H8BrN3O2. The summed E-state index contributed by atoms with van der Waals surface area (Å²) in [5.74, 6) is -0.574. The molecule has 4 N–H and O–H groups in total. The zero-order valence-corrected chi connectivity index (χ0v) is 8.21. The zero-order chi connectivity index (χ0) is 9.84.